The standard InChI is InChI=1S/C25H21BrN2O2/c1-17-7-6-8-18(2)24(17)28-25(29)21(15-27)13-20-11-12-23(22(26)14-20)30-16-19-9-4-3-5-10-19/h3-14H,16H2,1-2H3,(H,28,29)/b21-13+. The third kappa shape index (κ3) is 5.37. The second-order valence-electron chi connectivity index (χ2n) is 6.85. The Kier molecular flexibility index (Phi) is 7.05. The molecule has 0 aliphatic heterocycles. The van der Waals surface area contributed by atoms with Crippen LogP contribution in [0.3, 0.4) is 0 Å². The van der Waals surface area contributed by atoms with Gasteiger partial charge in [-0.3, -0.25) is 4.79 Å². The van der Waals surface area contributed by atoms with Gasteiger partial charge in [-0.2, -0.15) is 5.26 Å². The number of carbonyl (C=O) groups excluding carboxylic acids is 1. The molecule has 0 aliphatic carbocycles. The van der Waals surface area contributed by atoms with Gasteiger partial charge in [-0.05, 0) is 70.2 Å². The number of hydrogen-bond acceptors (Lipinski definition) is 3. The zero-order chi connectivity index (χ0) is 21.5. The van der Waals surface area contributed by atoms with Crippen molar-refractivity contribution in [3.8, 4) is 11.8 Å². The molecule has 0 saturated carbocycles. The molecule has 0 radical (unpaired) electrons. The summed E-state index contributed by atoms with van der Waals surface area (Å²) in [6.07, 6.45) is 1.56. The highest BCUT2D eigenvalue weighted by Crippen LogP contribution is 2.28. The Morgan fingerprint density at radius 1 is 1.07 bits per heavy atom. The molecule has 0 bridgehead atoms. The first-order valence-corrected chi connectivity index (χ1v) is 10.2. The van der Waals surface area contributed by atoms with E-state index in [0.717, 1.165) is 32.4 Å². The van der Waals surface area contributed by atoms with Gasteiger partial charge in [0.05, 0.1) is 4.47 Å². The summed E-state index contributed by atoms with van der Waals surface area (Å²) in [6, 6.07) is 23.1. The van der Waals surface area contributed by atoms with E-state index in [4.69, 9.17) is 4.74 Å². The molecule has 4 nitrogen and oxygen atoms in total. The second kappa shape index (κ2) is 9.91. The van der Waals surface area contributed by atoms with E-state index in [0.29, 0.717) is 12.4 Å². The number of hydrogen-bond donors (Lipinski definition) is 1. The maximum Gasteiger partial charge on any atom is 0.266 e. The minimum absolute atomic E-state index is 0.0301. The number of aryl methyl sites for hydroxylation is 2. The topological polar surface area (TPSA) is 62.1 Å². The monoisotopic (exact) mass is 460 g/mol. The van der Waals surface area contributed by atoms with E-state index >= 15 is 0 Å². The number of anilines is 1. The highest BCUT2D eigenvalue weighted by atomic mass is 79.9. The molecule has 3 aromatic carbocycles. The summed E-state index contributed by atoms with van der Waals surface area (Å²) in [6.45, 7) is 4.30. The third-order valence-corrected chi connectivity index (χ3v) is 5.21. The number of nitrogens with one attached hydrogen (secondary N) is 1. The van der Waals surface area contributed by atoms with Crippen LogP contribution in [0.1, 0.15) is 22.3 Å². The molecule has 1 amide bonds. The number of benzene rings is 3. The first-order valence-electron chi connectivity index (χ1n) is 9.43. The Bertz CT molecular complexity index is 1110. The molecule has 0 unspecified atom stereocenters. The zero-order valence-corrected chi connectivity index (χ0v) is 18.4. The van der Waals surface area contributed by atoms with Crippen LogP contribution in [-0.2, 0) is 11.4 Å². The third-order valence-electron chi connectivity index (χ3n) is 4.59. The molecule has 0 atom stereocenters. The molecule has 0 heterocycles. The lowest BCUT2D eigenvalue weighted by atomic mass is 10.1. The van der Waals surface area contributed by atoms with Crippen LogP contribution in [0.15, 0.2) is 76.8 Å². The second-order valence-corrected chi connectivity index (χ2v) is 7.71. The van der Waals surface area contributed by atoms with E-state index in [1.807, 2.05) is 86.6 Å². The molecule has 5 heteroatoms. The molecule has 30 heavy (non-hydrogen) atoms. The maximum absolute atomic E-state index is 12.6. The average molecular weight is 461 g/mol. The summed E-state index contributed by atoms with van der Waals surface area (Å²) in [5.41, 5.74) is 4.45. The Hall–Kier alpha value is -3.36. The van der Waals surface area contributed by atoms with E-state index < -0.39 is 5.91 Å². The van der Waals surface area contributed by atoms with Gasteiger partial charge in [0, 0.05) is 5.69 Å². The first-order chi connectivity index (χ1) is 14.5. The van der Waals surface area contributed by atoms with Crippen molar-refractivity contribution in [1.82, 2.24) is 0 Å². The predicted octanol–water partition coefficient (Wildman–Crippen LogP) is 6.19. The number of nitriles is 1. The molecular weight excluding hydrogens is 440 g/mol. The van der Waals surface area contributed by atoms with Crippen LogP contribution in [0.5, 0.6) is 5.75 Å². The quantitative estimate of drug-likeness (QED) is 0.352. The molecule has 0 saturated heterocycles. The fraction of sp³-hybridized carbons (Fsp3) is 0.120. The number of amides is 1. The summed E-state index contributed by atoms with van der Waals surface area (Å²) in [5.74, 6) is 0.255. The fourth-order valence-electron chi connectivity index (χ4n) is 2.97. The Balaban J connectivity index is 1.74. The van der Waals surface area contributed by atoms with Gasteiger partial charge < -0.3 is 10.1 Å². The molecule has 150 valence electrons. The summed E-state index contributed by atoms with van der Waals surface area (Å²) >= 11 is 3.50. The largest absolute Gasteiger partial charge is 0.488 e. The fourth-order valence-corrected chi connectivity index (χ4v) is 3.48. The summed E-state index contributed by atoms with van der Waals surface area (Å²) in [4.78, 5) is 12.6. The van der Waals surface area contributed by atoms with E-state index in [2.05, 4.69) is 21.2 Å². The van der Waals surface area contributed by atoms with Crippen molar-refractivity contribution in [3.05, 3.63) is 99.0 Å². The Morgan fingerprint density at radius 3 is 2.40 bits per heavy atom. The van der Waals surface area contributed by atoms with E-state index in [1.54, 1.807) is 6.08 Å². The highest BCUT2D eigenvalue weighted by Gasteiger charge is 2.13. The lowest BCUT2D eigenvalue weighted by molar-refractivity contribution is -0.112. The normalized spacial score (nSPS) is 10.9. The van der Waals surface area contributed by atoms with Crippen LogP contribution < -0.4 is 10.1 Å². The lowest BCUT2D eigenvalue weighted by Gasteiger charge is -2.11. The van der Waals surface area contributed by atoms with Gasteiger partial charge in [0.15, 0.2) is 0 Å². The summed E-state index contributed by atoms with van der Waals surface area (Å²) < 4.78 is 6.60. The van der Waals surface area contributed by atoms with Crippen molar-refractivity contribution in [2.45, 2.75) is 20.5 Å². The van der Waals surface area contributed by atoms with Crippen molar-refractivity contribution >= 4 is 33.6 Å². The van der Waals surface area contributed by atoms with Gasteiger partial charge in [0.25, 0.3) is 5.91 Å². The minimum Gasteiger partial charge on any atom is -0.488 e. The summed E-state index contributed by atoms with van der Waals surface area (Å²) in [5, 5.41) is 12.3. The minimum atomic E-state index is -0.435. The Labute approximate surface area is 184 Å². The van der Waals surface area contributed by atoms with Crippen LogP contribution in [0.25, 0.3) is 6.08 Å². The van der Waals surface area contributed by atoms with Crippen molar-refractivity contribution in [3.63, 3.8) is 0 Å². The number of ether oxygens (including phenoxy) is 1. The molecule has 3 rings (SSSR count). The summed E-state index contributed by atoms with van der Waals surface area (Å²) in [7, 11) is 0. The molecule has 3 aromatic rings. The first kappa shape index (κ1) is 21.4. The van der Waals surface area contributed by atoms with Crippen LogP contribution >= 0.6 is 15.9 Å². The van der Waals surface area contributed by atoms with Gasteiger partial charge in [0.2, 0.25) is 0 Å². The van der Waals surface area contributed by atoms with Gasteiger partial charge in [-0.15, -0.1) is 0 Å². The molecule has 0 spiro atoms. The molecule has 1 N–H and O–H groups in total. The maximum atomic E-state index is 12.6. The molecular formula is C25H21BrN2O2. The number of halogens is 1. The van der Waals surface area contributed by atoms with E-state index in [-0.39, 0.29) is 5.57 Å². The van der Waals surface area contributed by atoms with Crippen molar-refractivity contribution in [2.75, 3.05) is 5.32 Å². The van der Waals surface area contributed by atoms with Gasteiger partial charge in [0.1, 0.15) is 24.0 Å². The molecule has 0 fully saturated rings. The van der Waals surface area contributed by atoms with Crippen LogP contribution in [0.4, 0.5) is 5.69 Å². The van der Waals surface area contributed by atoms with E-state index in [1.165, 1.54) is 0 Å². The number of rotatable bonds is 6. The smallest absolute Gasteiger partial charge is 0.266 e. The van der Waals surface area contributed by atoms with Gasteiger partial charge >= 0.3 is 0 Å². The SMILES string of the molecule is Cc1cccc(C)c1NC(=O)/C(C#N)=C/c1ccc(OCc2ccccc2)c(Br)c1. The van der Waals surface area contributed by atoms with Crippen LogP contribution in [0.2, 0.25) is 0 Å². The van der Waals surface area contributed by atoms with Crippen LogP contribution in [0, 0.1) is 25.2 Å². The predicted molar refractivity (Wildman–Crippen MR) is 123 cm³/mol. The number of para-hydroxylation sites is 1. The van der Waals surface area contributed by atoms with Gasteiger partial charge in [-0.25, -0.2) is 0 Å². The van der Waals surface area contributed by atoms with Crippen molar-refractivity contribution < 1.29 is 9.53 Å². The van der Waals surface area contributed by atoms with E-state index in [9.17, 15) is 10.1 Å². The number of nitrogens with zero attached hydrogens (tertiary/aromatic N) is 1. The Morgan fingerprint density at radius 2 is 1.77 bits per heavy atom. The average Bonchev–Trinajstić information content (AvgIpc) is 2.74. The van der Waals surface area contributed by atoms with Crippen molar-refractivity contribution in [1.29, 1.82) is 5.26 Å². The molecule has 0 aromatic heterocycles. The lowest BCUT2D eigenvalue weighted by Crippen LogP contribution is -2.15. The number of carbonyl (C=O) groups is 1. The van der Waals surface area contributed by atoms with Crippen molar-refractivity contribution in [2.24, 2.45) is 0 Å². The van der Waals surface area contributed by atoms with Gasteiger partial charge in [-0.1, -0.05) is 54.6 Å². The molecule has 0 aliphatic rings. The van der Waals surface area contributed by atoms with Crippen LogP contribution in [-0.4, -0.2) is 5.91 Å². The zero-order valence-electron chi connectivity index (χ0n) is 16.8. The highest BCUT2D eigenvalue weighted by molar-refractivity contribution is 9.10.